The van der Waals surface area contributed by atoms with Gasteiger partial charge in [-0.15, -0.1) is 0 Å². The van der Waals surface area contributed by atoms with Crippen LogP contribution in [0.1, 0.15) is 22.6 Å². The smallest absolute Gasteiger partial charge is 0.243 e. The Balaban J connectivity index is 1.40. The van der Waals surface area contributed by atoms with Crippen LogP contribution in [0.4, 0.5) is 0 Å². The second kappa shape index (κ2) is 8.29. The van der Waals surface area contributed by atoms with Crippen LogP contribution in [0.15, 0.2) is 51.9 Å². The minimum Gasteiger partial charge on any atom is -0.338 e. The molecule has 8 heteroatoms. The molecule has 0 aliphatic carbocycles. The van der Waals surface area contributed by atoms with Crippen LogP contribution in [0.2, 0.25) is 0 Å². The van der Waals surface area contributed by atoms with Crippen molar-refractivity contribution >= 4 is 10.0 Å². The first-order chi connectivity index (χ1) is 14.3. The standard InChI is InChI=1S/C22H26N4O3S/c1-16-5-4-6-19(13-16)22-23-21(29-24-22)15-25-9-11-26(12-10-25)30(27,28)20-14-17(2)7-8-18(20)3/h4-8,13-14H,9-12,15H2,1-3H3. The van der Waals surface area contributed by atoms with Gasteiger partial charge in [0, 0.05) is 31.7 Å². The molecule has 1 saturated heterocycles. The molecule has 0 bridgehead atoms. The Labute approximate surface area is 177 Å². The summed E-state index contributed by atoms with van der Waals surface area (Å²) in [7, 11) is -3.49. The van der Waals surface area contributed by atoms with Crippen LogP contribution in [0.25, 0.3) is 11.4 Å². The first kappa shape index (κ1) is 20.7. The van der Waals surface area contributed by atoms with Gasteiger partial charge in [-0.25, -0.2) is 8.42 Å². The van der Waals surface area contributed by atoms with Crippen molar-refractivity contribution in [1.29, 1.82) is 0 Å². The molecular formula is C22H26N4O3S. The maximum Gasteiger partial charge on any atom is 0.243 e. The maximum atomic E-state index is 13.1. The summed E-state index contributed by atoms with van der Waals surface area (Å²) in [6.45, 7) is 8.39. The Kier molecular flexibility index (Phi) is 5.73. The van der Waals surface area contributed by atoms with Crippen molar-refractivity contribution in [2.75, 3.05) is 26.2 Å². The highest BCUT2D eigenvalue weighted by Gasteiger charge is 2.30. The molecule has 0 atom stereocenters. The van der Waals surface area contributed by atoms with Crippen LogP contribution >= 0.6 is 0 Å². The van der Waals surface area contributed by atoms with Gasteiger partial charge in [-0.1, -0.05) is 41.1 Å². The van der Waals surface area contributed by atoms with Crippen LogP contribution in [-0.2, 0) is 16.6 Å². The molecule has 1 aliphatic rings. The van der Waals surface area contributed by atoms with E-state index in [4.69, 9.17) is 4.52 Å². The minimum absolute atomic E-state index is 0.399. The quantitative estimate of drug-likeness (QED) is 0.624. The molecule has 30 heavy (non-hydrogen) atoms. The summed E-state index contributed by atoms with van der Waals surface area (Å²) >= 11 is 0. The fourth-order valence-corrected chi connectivity index (χ4v) is 5.40. The molecule has 4 rings (SSSR count). The lowest BCUT2D eigenvalue weighted by Crippen LogP contribution is -2.48. The van der Waals surface area contributed by atoms with Gasteiger partial charge in [0.05, 0.1) is 11.4 Å². The molecule has 1 fully saturated rings. The van der Waals surface area contributed by atoms with Crippen LogP contribution in [0.3, 0.4) is 0 Å². The van der Waals surface area contributed by atoms with E-state index in [9.17, 15) is 8.42 Å². The fourth-order valence-electron chi connectivity index (χ4n) is 3.66. The number of sulfonamides is 1. The zero-order chi connectivity index (χ0) is 21.3. The molecule has 0 unspecified atom stereocenters. The SMILES string of the molecule is Cc1cccc(-c2noc(CN3CCN(S(=O)(=O)c4cc(C)ccc4C)CC3)n2)c1. The Hall–Kier alpha value is -2.55. The van der Waals surface area contributed by atoms with E-state index < -0.39 is 10.0 Å². The van der Waals surface area contributed by atoms with E-state index >= 15 is 0 Å². The van der Waals surface area contributed by atoms with Crippen LogP contribution in [0.5, 0.6) is 0 Å². The first-order valence-corrected chi connectivity index (χ1v) is 11.5. The van der Waals surface area contributed by atoms with Crippen molar-refractivity contribution in [1.82, 2.24) is 19.3 Å². The Morgan fingerprint density at radius 3 is 2.43 bits per heavy atom. The number of aryl methyl sites for hydroxylation is 3. The molecule has 1 aromatic heterocycles. The van der Waals surface area contributed by atoms with Crippen molar-refractivity contribution in [3.8, 4) is 11.4 Å². The fraction of sp³-hybridized carbons (Fsp3) is 0.364. The van der Waals surface area contributed by atoms with Gasteiger partial charge in [0.15, 0.2) is 0 Å². The van der Waals surface area contributed by atoms with Gasteiger partial charge >= 0.3 is 0 Å². The molecule has 7 nitrogen and oxygen atoms in total. The molecular weight excluding hydrogens is 400 g/mol. The zero-order valence-electron chi connectivity index (χ0n) is 17.5. The topological polar surface area (TPSA) is 79.5 Å². The van der Waals surface area contributed by atoms with E-state index in [0.29, 0.717) is 49.3 Å². The van der Waals surface area contributed by atoms with E-state index in [2.05, 4.69) is 15.0 Å². The summed E-state index contributed by atoms with van der Waals surface area (Å²) in [4.78, 5) is 7.04. The summed E-state index contributed by atoms with van der Waals surface area (Å²) in [5.41, 5.74) is 3.78. The molecule has 2 aromatic carbocycles. The lowest BCUT2D eigenvalue weighted by atomic mass is 10.1. The number of hydrogen-bond acceptors (Lipinski definition) is 6. The minimum atomic E-state index is -3.49. The lowest BCUT2D eigenvalue weighted by Gasteiger charge is -2.33. The third kappa shape index (κ3) is 4.30. The molecule has 0 spiro atoms. The summed E-state index contributed by atoms with van der Waals surface area (Å²) < 4.78 is 33.1. The number of rotatable bonds is 5. The largest absolute Gasteiger partial charge is 0.338 e. The lowest BCUT2D eigenvalue weighted by molar-refractivity contribution is 0.163. The van der Waals surface area contributed by atoms with Gasteiger partial charge in [0.25, 0.3) is 0 Å². The van der Waals surface area contributed by atoms with Crippen molar-refractivity contribution in [2.45, 2.75) is 32.2 Å². The highest BCUT2D eigenvalue weighted by molar-refractivity contribution is 7.89. The number of aromatic nitrogens is 2. The molecule has 0 N–H and O–H groups in total. The number of piperazine rings is 1. The molecule has 2 heterocycles. The van der Waals surface area contributed by atoms with E-state index in [1.54, 1.807) is 10.4 Å². The van der Waals surface area contributed by atoms with Gasteiger partial charge in [-0.3, -0.25) is 4.90 Å². The average molecular weight is 427 g/mol. The molecule has 158 valence electrons. The summed E-state index contributed by atoms with van der Waals surface area (Å²) in [6, 6.07) is 13.5. The molecule has 3 aromatic rings. The Morgan fingerprint density at radius 2 is 1.70 bits per heavy atom. The number of nitrogens with zero attached hydrogens (tertiary/aromatic N) is 4. The van der Waals surface area contributed by atoms with Crippen LogP contribution in [-0.4, -0.2) is 53.9 Å². The molecule has 1 aliphatic heterocycles. The van der Waals surface area contributed by atoms with Gasteiger partial charge in [-0.2, -0.15) is 9.29 Å². The van der Waals surface area contributed by atoms with E-state index in [-0.39, 0.29) is 0 Å². The van der Waals surface area contributed by atoms with Crippen molar-refractivity contribution in [3.63, 3.8) is 0 Å². The normalized spacial score (nSPS) is 16.1. The van der Waals surface area contributed by atoms with E-state index in [1.807, 2.05) is 57.2 Å². The number of hydrogen-bond donors (Lipinski definition) is 0. The third-order valence-electron chi connectivity index (χ3n) is 5.40. The summed E-state index contributed by atoms with van der Waals surface area (Å²) in [5.74, 6) is 1.11. The second-order valence-corrected chi connectivity index (χ2v) is 9.74. The molecule has 0 saturated carbocycles. The van der Waals surface area contributed by atoms with Gasteiger partial charge in [0.2, 0.25) is 21.7 Å². The Morgan fingerprint density at radius 1 is 0.967 bits per heavy atom. The maximum absolute atomic E-state index is 13.1. The zero-order valence-corrected chi connectivity index (χ0v) is 18.3. The predicted octanol–water partition coefficient (Wildman–Crippen LogP) is 3.17. The highest BCUT2D eigenvalue weighted by Crippen LogP contribution is 2.23. The summed E-state index contributed by atoms with van der Waals surface area (Å²) in [6.07, 6.45) is 0. The highest BCUT2D eigenvalue weighted by atomic mass is 32.2. The average Bonchev–Trinajstić information content (AvgIpc) is 3.19. The third-order valence-corrected chi connectivity index (χ3v) is 7.44. The van der Waals surface area contributed by atoms with Crippen molar-refractivity contribution in [3.05, 3.63) is 65.0 Å². The molecule has 0 radical (unpaired) electrons. The van der Waals surface area contributed by atoms with Crippen molar-refractivity contribution < 1.29 is 12.9 Å². The van der Waals surface area contributed by atoms with E-state index in [0.717, 1.165) is 22.3 Å². The van der Waals surface area contributed by atoms with Gasteiger partial charge < -0.3 is 4.52 Å². The van der Waals surface area contributed by atoms with Crippen LogP contribution in [0, 0.1) is 20.8 Å². The van der Waals surface area contributed by atoms with Gasteiger partial charge in [-0.05, 0) is 44.0 Å². The van der Waals surface area contributed by atoms with Gasteiger partial charge in [0.1, 0.15) is 0 Å². The predicted molar refractivity (Wildman–Crippen MR) is 114 cm³/mol. The van der Waals surface area contributed by atoms with Crippen LogP contribution < -0.4 is 0 Å². The molecule has 0 amide bonds. The monoisotopic (exact) mass is 426 g/mol. The first-order valence-electron chi connectivity index (χ1n) is 10.0. The number of benzene rings is 2. The Bertz CT molecular complexity index is 1150. The second-order valence-electron chi connectivity index (χ2n) is 7.83. The van der Waals surface area contributed by atoms with Crippen molar-refractivity contribution in [2.24, 2.45) is 0 Å². The van der Waals surface area contributed by atoms with E-state index in [1.165, 1.54) is 0 Å². The summed E-state index contributed by atoms with van der Waals surface area (Å²) in [5, 5.41) is 4.09.